The van der Waals surface area contributed by atoms with Crippen molar-refractivity contribution in [3.63, 3.8) is 0 Å². The van der Waals surface area contributed by atoms with Crippen LogP contribution in [-0.2, 0) is 4.79 Å². The van der Waals surface area contributed by atoms with Crippen molar-refractivity contribution in [3.8, 4) is 0 Å². The smallest absolute Gasteiger partial charge is 0.315 e. The lowest BCUT2D eigenvalue weighted by Gasteiger charge is -2.17. The fourth-order valence-corrected chi connectivity index (χ4v) is 2.15. The summed E-state index contributed by atoms with van der Waals surface area (Å²) >= 11 is 0. The van der Waals surface area contributed by atoms with Gasteiger partial charge in [-0.1, -0.05) is 18.2 Å². The molecule has 1 aromatic carbocycles. The number of nitrogens with zero attached hydrogens (tertiary/aromatic N) is 1. The molecule has 0 unspecified atom stereocenters. The molecule has 19 heavy (non-hydrogen) atoms. The summed E-state index contributed by atoms with van der Waals surface area (Å²) in [5.41, 5.74) is 0.876. The minimum Gasteiger partial charge on any atom is -0.336 e. The molecule has 2 rings (SSSR count). The zero-order chi connectivity index (χ0) is 13.8. The van der Waals surface area contributed by atoms with E-state index in [2.05, 4.69) is 10.6 Å². The van der Waals surface area contributed by atoms with E-state index in [1.807, 2.05) is 44.2 Å². The quantitative estimate of drug-likeness (QED) is 0.866. The van der Waals surface area contributed by atoms with Gasteiger partial charge in [0, 0.05) is 24.7 Å². The van der Waals surface area contributed by atoms with Crippen molar-refractivity contribution < 1.29 is 9.59 Å². The Kier molecular flexibility index (Phi) is 4.04. The highest BCUT2D eigenvalue weighted by molar-refractivity contribution is 5.96. The fraction of sp³-hybridized carbons (Fsp3) is 0.429. The number of amides is 3. The molecule has 1 aliphatic rings. The molecule has 5 heteroatoms. The van der Waals surface area contributed by atoms with Crippen LogP contribution in [0.15, 0.2) is 30.3 Å². The molecule has 1 aromatic rings. The molecule has 102 valence electrons. The third-order valence-corrected chi connectivity index (χ3v) is 2.95. The minimum absolute atomic E-state index is 0.0426. The normalized spacial score (nSPS) is 18.8. The molecule has 0 radical (unpaired) electrons. The van der Waals surface area contributed by atoms with Gasteiger partial charge >= 0.3 is 6.03 Å². The van der Waals surface area contributed by atoms with Crippen molar-refractivity contribution in [1.82, 2.24) is 10.6 Å². The number of nitrogens with one attached hydrogen (secondary N) is 2. The van der Waals surface area contributed by atoms with Crippen molar-refractivity contribution in [2.75, 3.05) is 11.4 Å². The van der Waals surface area contributed by atoms with E-state index >= 15 is 0 Å². The van der Waals surface area contributed by atoms with Gasteiger partial charge in [0.2, 0.25) is 5.91 Å². The van der Waals surface area contributed by atoms with Crippen LogP contribution in [0.3, 0.4) is 0 Å². The molecular formula is C14H19N3O2. The van der Waals surface area contributed by atoms with Gasteiger partial charge < -0.3 is 15.5 Å². The summed E-state index contributed by atoms with van der Waals surface area (Å²) in [5.74, 6) is 0.0426. The van der Waals surface area contributed by atoms with E-state index in [1.54, 1.807) is 4.90 Å². The number of hydrogen-bond acceptors (Lipinski definition) is 2. The number of hydrogen-bond donors (Lipinski definition) is 2. The predicted octanol–water partition coefficient (Wildman–Crippen LogP) is 1.50. The predicted molar refractivity (Wildman–Crippen MR) is 74.0 cm³/mol. The third kappa shape index (κ3) is 3.47. The van der Waals surface area contributed by atoms with Crippen molar-refractivity contribution in [1.29, 1.82) is 0 Å². The Morgan fingerprint density at radius 2 is 2.00 bits per heavy atom. The van der Waals surface area contributed by atoms with Crippen LogP contribution in [0, 0.1) is 0 Å². The first-order valence-electron chi connectivity index (χ1n) is 6.48. The lowest BCUT2D eigenvalue weighted by Crippen LogP contribution is -2.45. The van der Waals surface area contributed by atoms with E-state index in [0.29, 0.717) is 13.0 Å². The van der Waals surface area contributed by atoms with Gasteiger partial charge in [-0.2, -0.15) is 0 Å². The number of benzene rings is 1. The summed E-state index contributed by atoms with van der Waals surface area (Å²) in [5, 5.41) is 5.59. The molecule has 1 atom stereocenters. The van der Waals surface area contributed by atoms with Gasteiger partial charge in [-0.25, -0.2) is 4.79 Å². The minimum atomic E-state index is -0.220. The van der Waals surface area contributed by atoms with Gasteiger partial charge in [-0.05, 0) is 26.0 Å². The Balaban J connectivity index is 1.94. The lowest BCUT2D eigenvalue weighted by atomic mass is 10.2. The maximum Gasteiger partial charge on any atom is 0.315 e. The SMILES string of the molecule is CC(C)NC(=O)N[C@@H]1CC(=O)N(c2ccccc2)C1. The second-order valence-electron chi connectivity index (χ2n) is 5.01. The molecule has 0 spiro atoms. The molecule has 0 bridgehead atoms. The Bertz CT molecular complexity index is 459. The summed E-state index contributed by atoms with van der Waals surface area (Å²) in [4.78, 5) is 25.3. The number of carbonyl (C=O) groups excluding carboxylic acids is 2. The zero-order valence-corrected chi connectivity index (χ0v) is 11.2. The average Bonchev–Trinajstić information content (AvgIpc) is 2.70. The maximum absolute atomic E-state index is 11.9. The monoisotopic (exact) mass is 261 g/mol. The summed E-state index contributed by atoms with van der Waals surface area (Å²) < 4.78 is 0. The number of anilines is 1. The van der Waals surface area contributed by atoms with Crippen LogP contribution in [0.25, 0.3) is 0 Å². The number of urea groups is 1. The first-order valence-corrected chi connectivity index (χ1v) is 6.48. The van der Waals surface area contributed by atoms with E-state index in [0.717, 1.165) is 5.69 Å². The van der Waals surface area contributed by atoms with Crippen LogP contribution in [0.4, 0.5) is 10.5 Å². The van der Waals surface area contributed by atoms with Gasteiger partial charge in [0.1, 0.15) is 0 Å². The molecule has 1 heterocycles. The van der Waals surface area contributed by atoms with Crippen molar-refractivity contribution in [2.24, 2.45) is 0 Å². The standard InChI is InChI=1S/C14H19N3O2/c1-10(2)15-14(19)16-11-8-13(18)17(9-11)12-6-4-3-5-7-12/h3-7,10-11H,8-9H2,1-2H3,(H2,15,16,19)/t11-/m1/s1. The highest BCUT2D eigenvalue weighted by atomic mass is 16.2. The first-order chi connectivity index (χ1) is 9.06. The first kappa shape index (κ1) is 13.4. The molecule has 0 aromatic heterocycles. The van der Waals surface area contributed by atoms with Crippen LogP contribution < -0.4 is 15.5 Å². The second-order valence-corrected chi connectivity index (χ2v) is 5.01. The highest BCUT2D eigenvalue weighted by Crippen LogP contribution is 2.20. The third-order valence-electron chi connectivity index (χ3n) is 2.95. The van der Waals surface area contributed by atoms with Crippen LogP contribution in [0.5, 0.6) is 0 Å². The number of carbonyl (C=O) groups is 2. The van der Waals surface area contributed by atoms with Gasteiger partial charge in [0.15, 0.2) is 0 Å². The Morgan fingerprint density at radius 1 is 1.32 bits per heavy atom. The van der Waals surface area contributed by atoms with Crippen molar-refractivity contribution in [3.05, 3.63) is 30.3 Å². The Labute approximate surface area is 113 Å². The zero-order valence-electron chi connectivity index (χ0n) is 11.2. The van der Waals surface area contributed by atoms with Crippen LogP contribution in [-0.4, -0.2) is 30.6 Å². The van der Waals surface area contributed by atoms with E-state index in [9.17, 15) is 9.59 Å². The topological polar surface area (TPSA) is 61.4 Å². The summed E-state index contributed by atoms with van der Waals surface area (Å²) in [7, 11) is 0. The van der Waals surface area contributed by atoms with E-state index in [4.69, 9.17) is 0 Å². The van der Waals surface area contributed by atoms with Crippen molar-refractivity contribution >= 4 is 17.6 Å². The van der Waals surface area contributed by atoms with Crippen LogP contribution in [0.1, 0.15) is 20.3 Å². The van der Waals surface area contributed by atoms with Crippen molar-refractivity contribution in [2.45, 2.75) is 32.4 Å². The molecule has 2 N–H and O–H groups in total. The molecular weight excluding hydrogens is 242 g/mol. The molecule has 0 aliphatic carbocycles. The summed E-state index contributed by atoms with van der Waals surface area (Å²) in [6.45, 7) is 4.32. The molecule has 0 saturated carbocycles. The molecule has 1 saturated heterocycles. The van der Waals surface area contributed by atoms with Gasteiger partial charge in [0.25, 0.3) is 0 Å². The lowest BCUT2D eigenvalue weighted by molar-refractivity contribution is -0.117. The number of rotatable bonds is 3. The largest absolute Gasteiger partial charge is 0.336 e. The number of para-hydroxylation sites is 1. The van der Waals surface area contributed by atoms with Gasteiger partial charge in [-0.3, -0.25) is 4.79 Å². The molecule has 1 fully saturated rings. The van der Waals surface area contributed by atoms with E-state index < -0.39 is 0 Å². The second kappa shape index (κ2) is 5.73. The van der Waals surface area contributed by atoms with Crippen LogP contribution >= 0.6 is 0 Å². The summed E-state index contributed by atoms with van der Waals surface area (Å²) in [6.07, 6.45) is 0.348. The van der Waals surface area contributed by atoms with Crippen LogP contribution in [0.2, 0.25) is 0 Å². The Hall–Kier alpha value is -2.04. The molecule has 5 nitrogen and oxygen atoms in total. The summed E-state index contributed by atoms with van der Waals surface area (Å²) in [6, 6.07) is 9.24. The van der Waals surface area contributed by atoms with E-state index in [1.165, 1.54) is 0 Å². The van der Waals surface area contributed by atoms with Gasteiger partial charge in [-0.15, -0.1) is 0 Å². The van der Waals surface area contributed by atoms with Gasteiger partial charge in [0.05, 0.1) is 6.04 Å². The fourth-order valence-electron chi connectivity index (χ4n) is 2.15. The van der Waals surface area contributed by atoms with E-state index in [-0.39, 0.29) is 24.0 Å². The molecule has 1 aliphatic heterocycles. The molecule has 3 amide bonds. The highest BCUT2D eigenvalue weighted by Gasteiger charge is 2.31. The Morgan fingerprint density at radius 3 is 2.63 bits per heavy atom. The maximum atomic E-state index is 11.9. The average molecular weight is 261 g/mol.